The van der Waals surface area contributed by atoms with Gasteiger partial charge < -0.3 is 0 Å². The van der Waals surface area contributed by atoms with Gasteiger partial charge in [-0.3, -0.25) is 4.98 Å². The molecule has 1 aliphatic rings. The highest BCUT2D eigenvalue weighted by Gasteiger charge is 2.36. The van der Waals surface area contributed by atoms with Crippen molar-refractivity contribution in [1.29, 1.82) is 0 Å². The molecule has 3 heteroatoms. The van der Waals surface area contributed by atoms with Gasteiger partial charge in [0.05, 0.1) is 11.4 Å². The molecule has 0 fully saturated rings. The van der Waals surface area contributed by atoms with Gasteiger partial charge in [0.25, 0.3) is 0 Å². The molecule has 0 aliphatic heterocycles. The van der Waals surface area contributed by atoms with Crippen molar-refractivity contribution in [2.75, 3.05) is 0 Å². The number of fused-ring (bicyclic) bond motifs is 5. The third-order valence-electron chi connectivity index (χ3n) is 12.2. The van der Waals surface area contributed by atoms with Crippen molar-refractivity contribution < 1.29 is 0 Å². The first-order chi connectivity index (χ1) is 29.0. The molecule has 10 aromatic rings. The van der Waals surface area contributed by atoms with E-state index in [-0.39, 0.29) is 5.41 Å². The zero-order chi connectivity index (χ0) is 39.5. The zero-order valence-electron chi connectivity index (χ0n) is 32.9. The number of benzene rings is 8. The Bertz CT molecular complexity index is 3220. The Labute approximate surface area is 344 Å². The Hall–Kier alpha value is -7.49. The summed E-state index contributed by atoms with van der Waals surface area (Å²) in [7, 11) is 0. The maximum Gasteiger partial charge on any atom is 0.160 e. The van der Waals surface area contributed by atoms with Gasteiger partial charge in [-0.05, 0) is 108 Å². The van der Waals surface area contributed by atoms with Gasteiger partial charge in [0, 0.05) is 40.1 Å². The van der Waals surface area contributed by atoms with Gasteiger partial charge in [-0.15, -0.1) is 0 Å². The highest BCUT2D eigenvalue weighted by atomic mass is 14.9. The summed E-state index contributed by atoms with van der Waals surface area (Å²) < 4.78 is 0. The summed E-state index contributed by atoms with van der Waals surface area (Å²) in [5.74, 6) is 0.695. The second kappa shape index (κ2) is 13.9. The molecule has 11 rings (SSSR count). The molecule has 278 valence electrons. The number of pyridine rings is 1. The Morgan fingerprint density at radius 1 is 0.356 bits per heavy atom. The smallest absolute Gasteiger partial charge is 0.160 e. The lowest BCUT2D eigenvalue weighted by molar-refractivity contribution is 0.661. The number of rotatable bonds is 6. The molecular weight excluding hydrogens is 715 g/mol. The number of hydrogen-bond acceptors (Lipinski definition) is 3. The summed E-state index contributed by atoms with van der Waals surface area (Å²) in [4.78, 5) is 14.7. The predicted molar refractivity (Wildman–Crippen MR) is 245 cm³/mol. The molecule has 0 amide bonds. The van der Waals surface area contributed by atoms with E-state index in [1.54, 1.807) is 6.20 Å². The lowest BCUT2D eigenvalue weighted by Gasteiger charge is -2.22. The van der Waals surface area contributed by atoms with Crippen molar-refractivity contribution in [3.05, 3.63) is 212 Å². The molecule has 2 aromatic heterocycles. The van der Waals surface area contributed by atoms with E-state index in [0.717, 1.165) is 44.6 Å². The molecule has 8 aromatic carbocycles. The lowest BCUT2D eigenvalue weighted by atomic mass is 9.81. The van der Waals surface area contributed by atoms with Crippen LogP contribution in [0.1, 0.15) is 25.0 Å². The fourth-order valence-corrected chi connectivity index (χ4v) is 9.06. The van der Waals surface area contributed by atoms with Crippen LogP contribution < -0.4 is 0 Å². The van der Waals surface area contributed by atoms with E-state index in [9.17, 15) is 0 Å². The van der Waals surface area contributed by atoms with Crippen LogP contribution in [0.5, 0.6) is 0 Å². The van der Waals surface area contributed by atoms with Crippen molar-refractivity contribution in [3.63, 3.8) is 0 Å². The SMILES string of the molecule is CC1(C)c2cc(-c3ccc(-c4ccc(-c5cc(-c6cccc(-c7cccnc7)c6)nc(-c6ccccc6)n5)c5ccccc45)cc3)ccc2-c2cc3ccccc3cc21. The quantitative estimate of drug-likeness (QED) is 0.170. The first-order valence-corrected chi connectivity index (χ1v) is 20.2. The number of aromatic nitrogens is 3. The van der Waals surface area contributed by atoms with Crippen LogP contribution in [0.3, 0.4) is 0 Å². The first-order valence-electron chi connectivity index (χ1n) is 20.2. The molecule has 1 aliphatic carbocycles. The van der Waals surface area contributed by atoms with Gasteiger partial charge in [0.2, 0.25) is 0 Å². The summed E-state index contributed by atoms with van der Waals surface area (Å²) in [5.41, 5.74) is 17.2. The summed E-state index contributed by atoms with van der Waals surface area (Å²) in [6.45, 7) is 4.72. The van der Waals surface area contributed by atoms with E-state index in [1.807, 2.05) is 30.5 Å². The maximum absolute atomic E-state index is 5.22. The number of hydrogen-bond donors (Lipinski definition) is 0. The van der Waals surface area contributed by atoms with Crippen molar-refractivity contribution in [2.45, 2.75) is 19.3 Å². The Balaban J connectivity index is 0.967. The molecular formula is C56H39N3. The van der Waals surface area contributed by atoms with Crippen LogP contribution in [-0.4, -0.2) is 15.0 Å². The Kier molecular flexibility index (Phi) is 8.16. The molecule has 0 bridgehead atoms. The van der Waals surface area contributed by atoms with E-state index in [1.165, 1.54) is 60.7 Å². The largest absolute Gasteiger partial charge is 0.264 e. The lowest BCUT2D eigenvalue weighted by Crippen LogP contribution is -2.15. The molecule has 0 N–H and O–H groups in total. The van der Waals surface area contributed by atoms with Crippen LogP contribution in [0.4, 0.5) is 0 Å². The minimum absolute atomic E-state index is 0.0818. The zero-order valence-corrected chi connectivity index (χ0v) is 32.9. The summed E-state index contributed by atoms with van der Waals surface area (Å²) >= 11 is 0. The van der Waals surface area contributed by atoms with Crippen molar-refractivity contribution in [3.8, 4) is 78.4 Å². The fraction of sp³-hybridized carbons (Fsp3) is 0.0536. The standard InChI is InChI=1S/C56H39N3/c1-56(2)51-33-42(25-26-48(51)50-31-40-14-6-7-15-41(40)32-52(50)56)36-21-23-37(24-22-36)45-27-28-49(47-20-9-8-19-46(45)47)54-34-53(58-55(59-54)38-12-4-3-5-13-38)43-17-10-16-39(30-43)44-18-11-29-57-35-44/h3-35H,1-2H3. The van der Waals surface area contributed by atoms with Gasteiger partial charge in [0.1, 0.15) is 0 Å². The van der Waals surface area contributed by atoms with E-state index < -0.39 is 0 Å². The van der Waals surface area contributed by atoms with Gasteiger partial charge in [-0.1, -0.05) is 166 Å². The van der Waals surface area contributed by atoms with Crippen LogP contribution in [-0.2, 0) is 5.41 Å². The van der Waals surface area contributed by atoms with Crippen molar-refractivity contribution in [2.24, 2.45) is 0 Å². The van der Waals surface area contributed by atoms with E-state index in [2.05, 4.69) is 183 Å². The molecule has 0 saturated heterocycles. The molecule has 59 heavy (non-hydrogen) atoms. The molecule has 0 saturated carbocycles. The maximum atomic E-state index is 5.22. The van der Waals surface area contributed by atoms with Crippen molar-refractivity contribution >= 4 is 21.5 Å². The molecule has 0 radical (unpaired) electrons. The van der Waals surface area contributed by atoms with Crippen LogP contribution in [0, 0.1) is 0 Å². The third-order valence-corrected chi connectivity index (χ3v) is 12.2. The topological polar surface area (TPSA) is 38.7 Å². The van der Waals surface area contributed by atoms with E-state index in [0.29, 0.717) is 5.82 Å². The van der Waals surface area contributed by atoms with Crippen LogP contribution in [0.2, 0.25) is 0 Å². The second-order valence-electron chi connectivity index (χ2n) is 16.1. The first kappa shape index (κ1) is 34.7. The minimum Gasteiger partial charge on any atom is -0.264 e. The van der Waals surface area contributed by atoms with Gasteiger partial charge >= 0.3 is 0 Å². The van der Waals surface area contributed by atoms with E-state index >= 15 is 0 Å². The summed E-state index contributed by atoms with van der Waals surface area (Å²) in [6, 6.07) is 67.6. The third kappa shape index (κ3) is 6.02. The average Bonchev–Trinajstić information content (AvgIpc) is 3.52. The fourth-order valence-electron chi connectivity index (χ4n) is 9.06. The molecule has 0 spiro atoms. The molecule has 0 unspecified atom stereocenters. The van der Waals surface area contributed by atoms with Crippen LogP contribution in [0.25, 0.3) is 100.0 Å². The monoisotopic (exact) mass is 753 g/mol. The van der Waals surface area contributed by atoms with Crippen molar-refractivity contribution in [1.82, 2.24) is 15.0 Å². The highest BCUT2D eigenvalue weighted by molar-refractivity contribution is 6.05. The minimum atomic E-state index is -0.0818. The second-order valence-corrected chi connectivity index (χ2v) is 16.1. The van der Waals surface area contributed by atoms with Gasteiger partial charge in [-0.2, -0.15) is 0 Å². The summed E-state index contributed by atoms with van der Waals surface area (Å²) in [5, 5.41) is 4.92. The van der Waals surface area contributed by atoms with Crippen LogP contribution in [0.15, 0.2) is 200 Å². The van der Waals surface area contributed by atoms with E-state index in [4.69, 9.17) is 9.97 Å². The Morgan fingerprint density at radius 3 is 1.75 bits per heavy atom. The molecule has 0 atom stereocenters. The normalized spacial score (nSPS) is 12.7. The van der Waals surface area contributed by atoms with Gasteiger partial charge in [0.15, 0.2) is 5.82 Å². The van der Waals surface area contributed by atoms with Gasteiger partial charge in [-0.25, -0.2) is 9.97 Å². The average molecular weight is 754 g/mol. The van der Waals surface area contributed by atoms with Crippen LogP contribution >= 0.6 is 0 Å². The number of nitrogens with zero attached hydrogens (tertiary/aromatic N) is 3. The predicted octanol–water partition coefficient (Wildman–Crippen LogP) is 14.5. The Morgan fingerprint density at radius 2 is 0.949 bits per heavy atom. The summed E-state index contributed by atoms with van der Waals surface area (Å²) in [6.07, 6.45) is 3.70. The molecule has 2 heterocycles. The molecule has 3 nitrogen and oxygen atoms in total. The highest BCUT2D eigenvalue weighted by Crippen LogP contribution is 2.51.